The third kappa shape index (κ3) is 35.1. The Morgan fingerprint density at radius 1 is 1.25 bits per heavy atom. The molecule has 0 saturated heterocycles. The van der Waals surface area contributed by atoms with Gasteiger partial charge in [-0.1, -0.05) is 0 Å². The van der Waals surface area contributed by atoms with E-state index < -0.39 is 0 Å². The predicted molar refractivity (Wildman–Crippen MR) is 50.4 cm³/mol. The van der Waals surface area contributed by atoms with E-state index in [0.29, 0.717) is 19.4 Å². The molecule has 0 fully saturated rings. The molecule has 0 aliphatic carbocycles. The molecule has 0 aromatic rings. The van der Waals surface area contributed by atoms with E-state index in [2.05, 4.69) is 0 Å². The van der Waals surface area contributed by atoms with Gasteiger partial charge in [0.25, 0.3) is 0 Å². The molecular formula is C7H15ClN4. The summed E-state index contributed by atoms with van der Waals surface area (Å²) < 4.78 is 0. The second kappa shape index (κ2) is 16.6. The molecule has 70 valence electrons. The SMILES string of the molecule is CC(N)CN.Cl.N#CCCC#N. The molecule has 4 nitrogen and oxygen atoms in total. The van der Waals surface area contributed by atoms with Gasteiger partial charge in [-0.05, 0) is 6.92 Å². The molecule has 0 heterocycles. The zero-order valence-electron chi connectivity index (χ0n) is 7.16. The lowest BCUT2D eigenvalue weighted by Gasteiger charge is -1.92. The van der Waals surface area contributed by atoms with Crippen LogP contribution in [0.4, 0.5) is 0 Å². The highest BCUT2D eigenvalue weighted by atomic mass is 35.5. The molecule has 0 spiro atoms. The Balaban J connectivity index is -0.000000126. The van der Waals surface area contributed by atoms with Crippen LogP contribution in [0.1, 0.15) is 19.8 Å². The van der Waals surface area contributed by atoms with Gasteiger partial charge in [-0.15, -0.1) is 12.4 Å². The molecule has 0 aromatic carbocycles. The van der Waals surface area contributed by atoms with E-state index in [-0.39, 0.29) is 18.4 Å². The van der Waals surface area contributed by atoms with Crippen LogP contribution in [0.3, 0.4) is 0 Å². The molecule has 0 saturated carbocycles. The molecule has 1 atom stereocenters. The summed E-state index contributed by atoms with van der Waals surface area (Å²) in [5.41, 5.74) is 10.2. The fourth-order valence-corrected chi connectivity index (χ4v) is 0.112. The standard InChI is InChI=1S/C4H4N2.C3H10N2.ClH/c5-3-1-2-4-6;1-3(5)2-4;/h1-2H2;3H,2,4-5H2,1H3;1H. The van der Waals surface area contributed by atoms with Gasteiger partial charge in [0.05, 0.1) is 12.1 Å². The Morgan fingerprint density at radius 2 is 1.50 bits per heavy atom. The fourth-order valence-electron chi connectivity index (χ4n) is 0.112. The minimum absolute atomic E-state index is 0. The summed E-state index contributed by atoms with van der Waals surface area (Å²) in [4.78, 5) is 0. The fraction of sp³-hybridized carbons (Fsp3) is 0.714. The molecule has 0 aliphatic rings. The molecule has 12 heavy (non-hydrogen) atoms. The van der Waals surface area contributed by atoms with Gasteiger partial charge in [-0.25, -0.2) is 0 Å². The number of hydrogen-bond acceptors (Lipinski definition) is 4. The number of hydrogen-bond donors (Lipinski definition) is 2. The first kappa shape index (κ1) is 17.3. The van der Waals surface area contributed by atoms with Crippen molar-refractivity contribution in [2.24, 2.45) is 11.5 Å². The third-order valence-electron chi connectivity index (χ3n) is 0.720. The average Bonchev–Trinajstić information content (AvgIpc) is 2.02. The lowest BCUT2D eigenvalue weighted by atomic mass is 10.4. The zero-order valence-corrected chi connectivity index (χ0v) is 7.97. The Hall–Kier alpha value is -0.810. The van der Waals surface area contributed by atoms with Crippen molar-refractivity contribution < 1.29 is 0 Å². The lowest BCUT2D eigenvalue weighted by molar-refractivity contribution is 0.752. The first-order valence-electron chi connectivity index (χ1n) is 3.38. The Labute approximate surface area is 79.6 Å². The molecule has 0 bridgehead atoms. The summed E-state index contributed by atoms with van der Waals surface area (Å²) in [6.45, 7) is 2.46. The summed E-state index contributed by atoms with van der Waals surface area (Å²) >= 11 is 0. The molecule has 5 heteroatoms. The quantitative estimate of drug-likeness (QED) is 0.621. The molecule has 0 aromatic heterocycles. The Morgan fingerprint density at radius 3 is 1.58 bits per heavy atom. The van der Waals surface area contributed by atoms with Crippen molar-refractivity contribution in [1.29, 1.82) is 10.5 Å². The number of rotatable bonds is 2. The third-order valence-corrected chi connectivity index (χ3v) is 0.720. The molecular weight excluding hydrogens is 176 g/mol. The maximum absolute atomic E-state index is 7.80. The summed E-state index contributed by atoms with van der Waals surface area (Å²) in [5, 5.41) is 15.6. The van der Waals surface area contributed by atoms with Gasteiger partial charge in [0.1, 0.15) is 0 Å². The smallest absolute Gasteiger partial charge is 0.0632 e. The number of nitriles is 2. The number of unbranched alkanes of at least 4 members (excludes halogenated alkanes) is 1. The lowest BCUT2D eigenvalue weighted by Crippen LogP contribution is -2.25. The van der Waals surface area contributed by atoms with Crippen molar-refractivity contribution in [1.82, 2.24) is 0 Å². The highest BCUT2D eigenvalue weighted by Crippen LogP contribution is 1.78. The maximum atomic E-state index is 7.80. The maximum Gasteiger partial charge on any atom is 0.0632 e. The van der Waals surface area contributed by atoms with Crippen LogP contribution in [0.5, 0.6) is 0 Å². The van der Waals surface area contributed by atoms with E-state index in [1.54, 1.807) is 0 Å². The van der Waals surface area contributed by atoms with Gasteiger partial charge in [-0.3, -0.25) is 0 Å². The number of nitrogens with zero attached hydrogens (tertiary/aromatic N) is 2. The van der Waals surface area contributed by atoms with Crippen LogP contribution in [-0.2, 0) is 0 Å². The van der Waals surface area contributed by atoms with Gasteiger partial charge in [0.2, 0.25) is 0 Å². The van der Waals surface area contributed by atoms with E-state index in [1.165, 1.54) is 0 Å². The van der Waals surface area contributed by atoms with Crippen LogP contribution in [0.15, 0.2) is 0 Å². The highest BCUT2D eigenvalue weighted by molar-refractivity contribution is 5.85. The normalized spacial score (nSPS) is 9.08. The van der Waals surface area contributed by atoms with Crippen LogP contribution >= 0.6 is 12.4 Å². The van der Waals surface area contributed by atoms with Crippen molar-refractivity contribution in [3.8, 4) is 12.1 Å². The van der Waals surface area contributed by atoms with E-state index in [4.69, 9.17) is 22.0 Å². The van der Waals surface area contributed by atoms with E-state index in [0.717, 1.165) is 0 Å². The largest absolute Gasteiger partial charge is 0.329 e. The summed E-state index contributed by atoms with van der Waals surface area (Å²) in [7, 11) is 0. The van der Waals surface area contributed by atoms with Crippen molar-refractivity contribution in [2.45, 2.75) is 25.8 Å². The first-order chi connectivity index (χ1) is 5.18. The first-order valence-corrected chi connectivity index (χ1v) is 3.38. The van der Waals surface area contributed by atoms with Crippen molar-refractivity contribution in [3.05, 3.63) is 0 Å². The van der Waals surface area contributed by atoms with Gasteiger partial charge in [0.15, 0.2) is 0 Å². The second-order valence-electron chi connectivity index (χ2n) is 2.03. The van der Waals surface area contributed by atoms with Gasteiger partial charge < -0.3 is 11.5 Å². The molecule has 0 amide bonds. The van der Waals surface area contributed by atoms with Crippen LogP contribution in [0.25, 0.3) is 0 Å². The molecule has 0 aliphatic heterocycles. The summed E-state index contributed by atoms with van der Waals surface area (Å²) in [6, 6.07) is 3.85. The molecule has 1 unspecified atom stereocenters. The van der Waals surface area contributed by atoms with E-state index in [1.807, 2.05) is 19.1 Å². The zero-order chi connectivity index (χ0) is 9.11. The van der Waals surface area contributed by atoms with Gasteiger partial charge in [-0.2, -0.15) is 10.5 Å². The monoisotopic (exact) mass is 190 g/mol. The second-order valence-corrected chi connectivity index (χ2v) is 2.03. The number of nitrogens with two attached hydrogens (primary N) is 2. The molecule has 0 radical (unpaired) electrons. The summed E-state index contributed by atoms with van der Waals surface area (Å²) in [6.07, 6.45) is 0.715. The van der Waals surface area contributed by atoms with Crippen LogP contribution in [0, 0.1) is 22.7 Å². The minimum Gasteiger partial charge on any atom is -0.329 e. The minimum atomic E-state index is 0. The van der Waals surface area contributed by atoms with Crippen LogP contribution in [-0.4, -0.2) is 12.6 Å². The highest BCUT2D eigenvalue weighted by Gasteiger charge is 1.79. The Bertz CT molecular complexity index is 130. The number of halogens is 1. The average molecular weight is 191 g/mol. The van der Waals surface area contributed by atoms with Gasteiger partial charge >= 0.3 is 0 Å². The van der Waals surface area contributed by atoms with E-state index in [9.17, 15) is 0 Å². The van der Waals surface area contributed by atoms with Crippen molar-refractivity contribution in [3.63, 3.8) is 0 Å². The Kier molecular flexibility index (Phi) is 24.0. The van der Waals surface area contributed by atoms with Gasteiger partial charge in [0, 0.05) is 25.4 Å². The van der Waals surface area contributed by atoms with Crippen LogP contribution < -0.4 is 11.5 Å². The summed E-state index contributed by atoms with van der Waals surface area (Å²) in [5.74, 6) is 0. The molecule has 4 N–H and O–H groups in total. The van der Waals surface area contributed by atoms with Crippen LogP contribution in [0.2, 0.25) is 0 Å². The topological polar surface area (TPSA) is 99.6 Å². The van der Waals surface area contributed by atoms with Crippen molar-refractivity contribution >= 4 is 12.4 Å². The molecule has 0 rings (SSSR count). The predicted octanol–water partition coefficient (Wildman–Crippen LogP) is 0.528. The van der Waals surface area contributed by atoms with E-state index >= 15 is 0 Å². The van der Waals surface area contributed by atoms with Crippen molar-refractivity contribution in [2.75, 3.05) is 6.54 Å².